The third-order valence-electron chi connectivity index (χ3n) is 6.37. The summed E-state index contributed by atoms with van der Waals surface area (Å²) in [5.41, 5.74) is -3.94. The number of aryl methyl sites for hydroxylation is 1. The number of anilines is 1. The number of aliphatic hydroxyl groups excluding tert-OH is 1. The van der Waals surface area contributed by atoms with Crippen LogP contribution < -0.4 is 14.9 Å². The maximum Gasteiger partial charge on any atom is 0.516 e. The molecule has 0 aliphatic heterocycles. The molecule has 0 saturated carbocycles. The van der Waals surface area contributed by atoms with Gasteiger partial charge in [0.25, 0.3) is 5.91 Å². The highest BCUT2D eigenvalue weighted by Crippen LogP contribution is 2.30. The zero-order chi connectivity index (χ0) is 30.4. The monoisotopic (exact) mass is 599 g/mol. The van der Waals surface area contributed by atoms with E-state index >= 15 is 0 Å². The number of nitrogens with zero attached hydrogens (tertiary/aromatic N) is 1. The van der Waals surface area contributed by atoms with Crippen LogP contribution in [-0.2, 0) is 29.4 Å². The number of hydrogen-bond acceptors (Lipinski definition) is 5. The number of benzene rings is 3. The van der Waals surface area contributed by atoms with E-state index in [1.165, 1.54) is 12.1 Å². The Morgan fingerprint density at radius 1 is 0.951 bits per heavy atom. The van der Waals surface area contributed by atoms with Gasteiger partial charge in [-0.1, -0.05) is 37.3 Å². The summed E-state index contributed by atoms with van der Waals surface area (Å²) < 4.78 is 90.3. The van der Waals surface area contributed by atoms with Gasteiger partial charge in [0.05, 0.1) is 17.8 Å². The van der Waals surface area contributed by atoms with Crippen LogP contribution in [0.5, 0.6) is 0 Å². The second-order valence-corrected chi connectivity index (χ2v) is 11.4. The molecule has 0 bridgehead atoms. The summed E-state index contributed by atoms with van der Waals surface area (Å²) in [4.78, 5) is 13.1. The van der Waals surface area contributed by atoms with Gasteiger partial charge in [-0.05, 0) is 59.9 Å². The second kappa shape index (κ2) is 13.4. The first-order chi connectivity index (χ1) is 19.2. The van der Waals surface area contributed by atoms with Crippen LogP contribution in [0, 0.1) is 11.6 Å². The van der Waals surface area contributed by atoms with E-state index in [0.717, 1.165) is 41.8 Å². The molecule has 222 valence electrons. The molecular weight excluding hydrogens is 569 g/mol. The molecule has 0 radical (unpaired) electrons. The molecule has 3 aromatic carbocycles. The van der Waals surface area contributed by atoms with Crippen molar-refractivity contribution >= 4 is 21.6 Å². The van der Waals surface area contributed by atoms with Crippen LogP contribution in [0.25, 0.3) is 0 Å². The summed E-state index contributed by atoms with van der Waals surface area (Å²) in [5.74, 6) is -2.55. The SMILES string of the molecule is CCc1cccc(CNC[C@@H](O)[C@H](Cc2cc(F)cc(F)c2)NC(=O)c2cccc(N(C)S(=O)(=O)C(F)(F)F)c2)c1. The third-order valence-corrected chi connectivity index (χ3v) is 7.88. The maximum atomic E-state index is 13.8. The number of carbonyl (C=O) groups is 1. The Hall–Kier alpha value is -3.55. The van der Waals surface area contributed by atoms with Gasteiger partial charge in [-0.2, -0.15) is 21.6 Å². The molecule has 3 aromatic rings. The summed E-state index contributed by atoms with van der Waals surface area (Å²) in [6, 6.07) is 14.0. The zero-order valence-electron chi connectivity index (χ0n) is 22.3. The zero-order valence-corrected chi connectivity index (χ0v) is 23.1. The van der Waals surface area contributed by atoms with Gasteiger partial charge in [-0.3, -0.25) is 9.10 Å². The lowest BCUT2D eigenvalue weighted by molar-refractivity contribution is -0.0437. The highest BCUT2D eigenvalue weighted by molar-refractivity contribution is 7.93. The van der Waals surface area contributed by atoms with Gasteiger partial charge >= 0.3 is 15.5 Å². The molecule has 1 amide bonds. The molecular formula is C28H30F5N3O4S. The van der Waals surface area contributed by atoms with Crippen molar-refractivity contribution < 1.29 is 40.3 Å². The maximum absolute atomic E-state index is 13.8. The number of alkyl halides is 3. The van der Waals surface area contributed by atoms with E-state index in [-0.39, 0.29) is 28.4 Å². The molecule has 0 aliphatic rings. The van der Waals surface area contributed by atoms with Crippen molar-refractivity contribution in [2.75, 3.05) is 17.9 Å². The largest absolute Gasteiger partial charge is 0.516 e. The summed E-state index contributed by atoms with van der Waals surface area (Å²) in [6.07, 6.45) is -0.596. The Kier molecular flexibility index (Phi) is 10.5. The summed E-state index contributed by atoms with van der Waals surface area (Å²) >= 11 is 0. The van der Waals surface area contributed by atoms with Crippen LogP contribution in [0.3, 0.4) is 0 Å². The molecule has 3 rings (SSSR count). The molecule has 0 heterocycles. The Balaban J connectivity index is 1.80. The van der Waals surface area contributed by atoms with Crippen molar-refractivity contribution in [1.82, 2.24) is 10.6 Å². The second-order valence-electron chi connectivity index (χ2n) is 9.40. The molecule has 7 nitrogen and oxygen atoms in total. The van der Waals surface area contributed by atoms with E-state index in [1.54, 1.807) is 0 Å². The Morgan fingerprint density at radius 3 is 2.22 bits per heavy atom. The van der Waals surface area contributed by atoms with Gasteiger partial charge in [0.2, 0.25) is 0 Å². The highest BCUT2D eigenvalue weighted by atomic mass is 32.2. The lowest BCUT2D eigenvalue weighted by atomic mass is 10.00. The molecule has 3 N–H and O–H groups in total. The number of sulfonamides is 1. The van der Waals surface area contributed by atoms with E-state index in [0.29, 0.717) is 19.7 Å². The van der Waals surface area contributed by atoms with Gasteiger partial charge in [-0.25, -0.2) is 8.78 Å². The summed E-state index contributed by atoms with van der Waals surface area (Å²) in [5, 5.41) is 16.6. The minimum Gasteiger partial charge on any atom is -0.390 e. The highest BCUT2D eigenvalue weighted by Gasteiger charge is 2.49. The number of nitrogens with one attached hydrogen (secondary N) is 2. The number of carbonyl (C=O) groups excluding carboxylic acids is 1. The molecule has 0 unspecified atom stereocenters. The third kappa shape index (κ3) is 8.47. The molecule has 13 heteroatoms. The van der Waals surface area contributed by atoms with Crippen molar-refractivity contribution in [3.63, 3.8) is 0 Å². The van der Waals surface area contributed by atoms with E-state index in [1.807, 2.05) is 31.2 Å². The van der Waals surface area contributed by atoms with Crippen LogP contribution in [0.2, 0.25) is 0 Å². The molecule has 0 aromatic heterocycles. The van der Waals surface area contributed by atoms with Crippen molar-refractivity contribution in [3.8, 4) is 0 Å². The fourth-order valence-corrected chi connectivity index (χ4v) is 4.82. The van der Waals surface area contributed by atoms with Gasteiger partial charge in [0, 0.05) is 31.8 Å². The average Bonchev–Trinajstić information content (AvgIpc) is 2.91. The number of aliphatic hydroxyl groups is 1. The van der Waals surface area contributed by atoms with Gasteiger partial charge in [-0.15, -0.1) is 0 Å². The predicted molar refractivity (Wildman–Crippen MR) is 145 cm³/mol. The van der Waals surface area contributed by atoms with Crippen molar-refractivity contribution in [1.29, 1.82) is 0 Å². The van der Waals surface area contributed by atoms with Crippen LogP contribution >= 0.6 is 0 Å². The molecule has 0 aliphatic carbocycles. The Labute approximate surface area is 235 Å². The average molecular weight is 600 g/mol. The molecule has 2 atom stereocenters. The van der Waals surface area contributed by atoms with E-state index in [4.69, 9.17) is 0 Å². The fraction of sp³-hybridized carbons (Fsp3) is 0.321. The first kappa shape index (κ1) is 32.0. The van der Waals surface area contributed by atoms with Crippen molar-refractivity contribution in [3.05, 3.63) is 101 Å². The number of hydrogen-bond donors (Lipinski definition) is 3. The van der Waals surface area contributed by atoms with E-state index in [2.05, 4.69) is 10.6 Å². The Bertz CT molecular complexity index is 1450. The summed E-state index contributed by atoms with van der Waals surface area (Å²) in [7, 11) is -5.01. The first-order valence-corrected chi connectivity index (χ1v) is 14.0. The normalized spacial score (nSPS) is 13.5. The van der Waals surface area contributed by atoms with Gasteiger partial charge < -0.3 is 15.7 Å². The van der Waals surface area contributed by atoms with Crippen molar-refractivity contribution in [2.24, 2.45) is 0 Å². The minimum absolute atomic E-state index is 0.00306. The molecule has 0 spiro atoms. The first-order valence-electron chi connectivity index (χ1n) is 12.6. The number of rotatable bonds is 12. The minimum atomic E-state index is -5.71. The lowest BCUT2D eigenvalue weighted by Gasteiger charge is -2.25. The van der Waals surface area contributed by atoms with Crippen LogP contribution in [0.1, 0.15) is 34.0 Å². The van der Waals surface area contributed by atoms with E-state index < -0.39 is 50.9 Å². The molecule has 41 heavy (non-hydrogen) atoms. The van der Waals surface area contributed by atoms with Crippen molar-refractivity contribution in [2.45, 2.75) is 44.0 Å². The summed E-state index contributed by atoms with van der Waals surface area (Å²) in [6.45, 7) is 2.38. The lowest BCUT2D eigenvalue weighted by Crippen LogP contribution is -2.48. The topological polar surface area (TPSA) is 98.7 Å². The van der Waals surface area contributed by atoms with Crippen LogP contribution in [-0.4, -0.2) is 50.7 Å². The molecule has 0 saturated heterocycles. The van der Waals surface area contributed by atoms with E-state index in [9.17, 15) is 40.3 Å². The van der Waals surface area contributed by atoms with Gasteiger partial charge in [0.15, 0.2) is 0 Å². The number of halogens is 5. The Morgan fingerprint density at radius 2 is 1.59 bits per heavy atom. The smallest absolute Gasteiger partial charge is 0.390 e. The van der Waals surface area contributed by atoms with Gasteiger partial charge in [0.1, 0.15) is 11.6 Å². The molecule has 0 fully saturated rings. The van der Waals surface area contributed by atoms with Crippen LogP contribution in [0.15, 0.2) is 66.7 Å². The standard InChI is InChI=1S/C28H30F5N3O4S/c1-3-18-6-4-7-19(10-18)16-34-17-26(37)25(13-20-11-22(29)15-23(30)12-20)35-27(38)21-8-5-9-24(14-21)36(2)41(39,40)28(31,32)33/h4-12,14-15,25-26,34,37H,3,13,16-17H2,1-2H3,(H,35,38)/t25-,26+/m0/s1. The number of amides is 1. The fourth-order valence-electron chi connectivity index (χ4n) is 4.12. The predicted octanol–water partition coefficient (Wildman–Crippen LogP) is 4.30. The van der Waals surface area contributed by atoms with Crippen LogP contribution in [0.4, 0.5) is 27.6 Å². The quantitative estimate of drug-likeness (QED) is 0.270.